The topological polar surface area (TPSA) is 166 Å². The van der Waals surface area contributed by atoms with Crippen molar-refractivity contribution in [2.45, 2.75) is 115 Å². The van der Waals surface area contributed by atoms with E-state index in [-0.39, 0.29) is 6.42 Å². The lowest BCUT2D eigenvalue weighted by atomic mass is 10.1. The normalized spacial score (nSPS) is 15.0. The van der Waals surface area contributed by atoms with Gasteiger partial charge < -0.3 is 25.6 Å². The Morgan fingerprint density at radius 2 is 1.33 bits per heavy atom. The molecule has 3 unspecified atom stereocenters. The number of aliphatic carboxylic acids is 1. The summed E-state index contributed by atoms with van der Waals surface area (Å²) in [6.45, 7) is 0.490. The van der Waals surface area contributed by atoms with Crippen LogP contribution in [-0.2, 0) is 27.9 Å². The second kappa shape index (κ2) is 22.9. The van der Waals surface area contributed by atoms with Crippen molar-refractivity contribution in [3.05, 3.63) is 12.2 Å². The largest absolute Gasteiger partial charge is 0.480 e. The van der Waals surface area contributed by atoms with Gasteiger partial charge in [-0.25, -0.2) is 4.57 Å². The van der Waals surface area contributed by atoms with Crippen LogP contribution in [0.2, 0.25) is 0 Å². The monoisotopic (exact) mass is 537 g/mol. The SMILES string of the molecule is CCCCCCCCC/C=C\CCCCCCCC(=O)OCC(O)COP(=O)(O)OCC(N)C(=O)O. The molecule has 212 valence electrons. The third-order valence-corrected chi connectivity index (χ3v) is 6.44. The minimum atomic E-state index is -4.58. The van der Waals surface area contributed by atoms with E-state index in [0.717, 1.165) is 32.1 Å². The maximum Gasteiger partial charge on any atom is 0.472 e. The van der Waals surface area contributed by atoms with E-state index in [4.69, 9.17) is 15.6 Å². The van der Waals surface area contributed by atoms with E-state index in [9.17, 15) is 24.2 Å². The molecule has 0 aromatic rings. The Bertz CT molecular complexity index is 645. The molecule has 0 aromatic carbocycles. The summed E-state index contributed by atoms with van der Waals surface area (Å²) in [5.74, 6) is -1.86. The first-order valence-corrected chi connectivity index (χ1v) is 14.8. The zero-order valence-electron chi connectivity index (χ0n) is 21.9. The number of carbonyl (C=O) groups is 2. The molecule has 0 aliphatic heterocycles. The number of hydrogen-bond acceptors (Lipinski definition) is 8. The first kappa shape index (κ1) is 34.7. The van der Waals surface area contributed by atoms with Crippen molar-refractivity contribution in [3.63, 3.8) is 0 Å². The summed E-state index contributed by atoms with van der Waals surface area (Å²) in [5, 5.41) is 18.3. The Kier molecular flexibility index (Phi) is 22.1. The Balaban J connectivity index is 3.59. The minimum Gasteiger partial charge on any atom is -0.480 e. The molecule has 0 aliphatic rings. The number of phosphoric ester groups is 1. The summed E-state index contributed by atoms with van der Waals surface area (Å²) in [5.41, 5.74) is 5.16. The summed E-state index contributed by atoms with van der Waals surface area (Å²) < 4.78 is 25.5. The van der Waals surface area contributed by atoms with E-state index in [1.54, 1.807) is 0 Å². The molecule has 0 rings (SSSR count). The minimum absolute atomic E-state index is 0.237. The maximum atomic E-state index is 11.8. The molecule has 0 heterocycles. The van der Waals surface area contributed by atoms with Crippen LogP contribution >= 0.6 is 7.82 Å². The lowest BCUT2D eigenvalue weighted by Gasteiger charge is -2.16. The first-order chi connectivity index (χ1) is 17.2. The summed E-state index contributed by atoms with van der Waals surface area (Å²) in [6, 6.07) is -1.48. The molecular weight excluding hydrogens is 489 g/mol. The fourth-order valence-corrected chi connectivity index (χ4v) is 4.07. The summed E-state index contributed by atoms with van der Waals surface area (Å²) in [7, 11) is -4.58. The standard InChI is InChI=1S/C25H48NO9P/c1-2-3-4-5-6-7-8-9-10-11-12-13-14-15-16-17-18-24(28)33-19-22(27)20-34-36(31,32)35-21-23(26)25(29)30/h10-11,22-23,27H,2-9,12-21,26H2,1H3,(H,29,30)(H,31,32)/b11-10-. The Labute approximate surface area is 216 Å². The highest BCUT2D eigenvalue weighted by Gasteiger charge is 2.26. The average molecular weight is 538 g/mol. The van der Waals surface area contributed by atoms with Gasteiger partial charge in [0, 0.05) is 6.42 Å². The van der Waals surface area contributed by atoms with E-state index in [2.05, 4.69) is 28.1 Å². The molecule has 5 N–H and O–H groups in total. The molecule has 0 bridgehead atoms. The molecule has 0 aliphatic carbocycles. The molecule has 0 aromatic heterocycles. The van der Waals surface area contributed by atoms with E-state index < -0.39 is 51.7 Å². The number of esters is 1. The molecule has 0 fully saturated rings. The van der Waals surface area contributed by atoms with E-state index in [1.165, 1.54) is 51.4 Å². The lowest BCUT2D eigenvalue weighted by Crippen LogP contribution is -2.34. The van der Waals surface area contributed by atoms with E-state index in [0.29, 0.717) is 6.42 Å². The van der Waals surface area contributed by atoms with Crippen molar-refractivity contribution in [3.8, 4) is 0 Å². The third kappa shape index (κ3) is 23.1. The Morgan fingerprint density at radius 3 is 1.89 bits per heavy atom. The van der Waals surface area contributed by atoms with Gasteiger partial charge in [-0.15, -0.1) is 0 Å². The van der Waals surface area contributed by atoms with Gasteiger partial charge >= 0.3 is 19.8 Å². The van der Waals surface area contributed by atoms with Crippen LogP contribution in [0.1, 0.15) is 103 Å². The number of carboxylic acid groups (broad SMARTS) is 1. The van der Waals surface area contributed by atoms with Crippen LogP contribution in [0.4, 0.5) is 0 Å². The van der Waals surface area contributed by atoms with Crippen molar-refractivity contribution in [1.82, 2.24) is 0 Å². The van der Waals surface area contributed by atoms with E-state index >= 15 is 0 Å². The van der Waals surface area contributed by atoms with Gasteiger partial charge in [-0.05, 0) is 32.1 Å². The van der Waals surface area contributed by atoms with Gasteiger partial charge in [-0.2, -0.15) is 0 Å². The number of nitrogens with two attached hydrogens (primary N) is 1. The van der Waals surface area contributed by atoms with Crippen LogP contribution in [0.15, 0.2) is 12.2 Å². The predicted molar refractivity (Wildman–Crippen MR) is 138 cm³/mol. The number of aliphatic hydroxyl groups excluding tert-OH is 1. The number of ether oxygens (including phenoxy) is 1. The summed E-state index contributed by atoms with van der Waals surface area (Å²) in [4.78, 5) is 31.7. The maximum absolute atomic E-state index is 11.8. The highest BCUT2D eigenvalue weighted by molar-refractivity contribution is 7.47. The molecule has 0 saturated heterocycles. The smallest absolute Gasteiger partial charge is 0.472 e. The van der Waals surface area contributed by atoms with E-state index in [1.807, 2.05) is 0 Å². The zero-order valence-corrected chi connectivity index (χ0v) is 22.7. The number of carbonyl (C=O) groups excluding carboxylic acids is 1. The molecule has 10 nitrogen and oxygen atoms in total. The number of unbranched alkanes of at least 4 members (excludes halogenated alkanes) is 12. The van der Waals surface area contributed by atoms with Crippen LogP contribution in [0, 0.1) is 0 Å². The molecule has 0 saturated carbocycles. The zero-order chi connectivity index (χ0) is 27.1. The second-order valence-corrected chi connectivity index (χ2v) is 10.5. The van der Waals surface area contributed by atoms with Crippen molar-refractivity contribution in [1.29, 1.82) is 0 Å². The number of carboxylic acids is 1. The molecule has 0 spiro atoms. The third-order valence-electron chi connectivity index (χ3n) is 5.49. The van der Waals surface area contributed by atoms with Gasteiger partial charge in [0.1, 0.15) is 18.8 Å². The lowest BCUT2D eigenvalue weighted by molar-refractivity contribution is -0.147. The second-order valence-electron chi connectivity index (χ2n) is 9.03. The van der Waals surface area contributed by atoms with Crippen LogP contribution in [0.25, 0.3) is 0 Å². The number of phosphoric acid groups is 1. The van der Waals surface area contributed by atoms with Gasteiger partial charge in [-0.1, -0.05) is 76.9 Å². The fraction of sp³-hybridized carbons (Fsp3) is 0.840. The van der Waals surface area contributed by atoms with Crippen molar-refractivity contribution in [2.75, 3.05) is 19.8 Å². The quantitative estimate of drug-likeness (QED) is 0.0546. The van der Waals surface area contributed by atoms with Gasteiger partial charge in [-0.3, -0.25) is 18.6 Å². The molecule has 11 heteroatoms. The number of hydrogen-bond donors (Lipinski definition) is 4. The molecule has 36 heavy (non-hydrogen) atoms. The van der Waals surface area contributed by atoms with Gasteiger partial charge in [0.05, 0.1) is 13.2 Å². The summed E-state index contributed by atoms with van der Waals surface area (Å²) in [6.07, 6.45) is 20.0. The molecule has 0 amide bonds. The highest BCUT2D eigenvalue weighted by Crippen LogP contribution is 2.43. The van der Waals surface area contributed by atoms with Crippen LogP contribution in [-0.4, -0.2) is 59.0 Å². The molecular formula is C25H48NO9P. The van der Waals surface area contributed by atoms with Gasteiger partial charge in [0.25, 0.3) is 0 Å². The first-order valence-electron chi connectivity index (χ1n) is 13.3. The number of rotatable bonds is 25. The summed E-state index contributed by atoms with van der Waals surface area (Å²) >= 11 is 0. The van der Waals surface area contributed by atoms with Crippen molar-refractivity contribution in [2.24, 2.45) is 5.73 Å². The Morgan fingerprint density at radius 1 is 0.833 bits per heavy atom. The fourth-order valence-electron chi connectivity index (χ4n) is 3.29. The van der Waals surface area contributed by atoms with Crippen LogP contribution in [0.3, 0.4) is 0 Å². The van der Waals surface area contributed by atoms with Gasteiger partial charge in [0.15, 0.2) is 0 Å². The molecule has 3 atom stereocenters. The Hall–Kier alpha value is -1.29. The predicted octanol–water partition coefficient (Wildman–Crippen LogP) is 4.86. The molecule has 0 radical (unpaired) electrons. The van der Waals surface area contributed by atoms with Crippen LogP contribution in [0.5, 0.6) is 0 Å². The highest BCUT2D eigenvalue weighted by atomic mass is 31.2. The van der Waals surface area contributed by atoms with Crippen molar-refractivity contribution >= 4 is 19.8 Å². The van der Waals surface area contributed by atoms with Gasteiger partial charge in [0.2, 0.25) is 0 Å². The van der Waals surface area contributed by atoms with Crippen LogP contribution < -0.4 is 5.73 Å². The van der Waals surface area contributed by atoms with Crippen molar-refractivity contribution < 1.29 is 43.0 Å². The number of aliphatic hydroxyl groups is 1. The number of allylic oxidation sites excluding steroid dienone is 2. The average Bonchev–Trinajstić information content (AvgIpc) is 2.84.